The van der Waals surface area contributed by atoms with Crippen LogP contribution in [0.3, 0.4) is 0 Å². The topological polar surface area (TPSA) is 105 Å². The van der Waals surface area contributed by atoms with Gasteiger partial charge in [-0.2, -0.15) is 0 Å². The normalized spacial score (nSPS) is 10.3. The predicted molar refractivity (Wildman–Crippen MR) is 78.1 cm³/mol. The standard InChI is InChI=1S/C13H13N3O4S/c1-8-4-9(13-16-14-7-20-13)2-3-10(8)15-11(17)5-21-6-12(18)19/h2-4,7H,5-6H2,1H3,(H,15,17)(H,18,19). The van der Waals surface area contributed by atoms with E-state index in [9.17, 15) is 9.59 Å². The highest BCUT2D eigenvalue weighted by atomic mass is 32.2. The molecule has 0 atom stereocenters. The number of nitrogens with zero attached hydrogens (tertiary/aromatic N) is 2. The average Bonchev–Trinajstić information content (AvgIpc) is 2.94. The van der Waals surface area contributed by atoms with E-state index in [0.29, 0.717) is 11.6 Å². The van der Waals surface area contributed by atoms with Gasteiger partial charge in [0.2, 0.25) is 18.2 Å². The summed E-state index contributed by atoms with van der Waals surface area (Å²) in [6.07, 6.45) is 1.25. The Morgan fingerprint density at radius 1 is 1.38 bits per heavy atom. The van der Waals surface area contributed by atoms with Crippen LogP contribution in [0.4, 0.5) is 5.69 Å². The van der Waals surface area contributed by atoms with Gasteiger partial charge in [0.05, 0.1) is 11.5 Å². The second-order valence-electron chi connectivity index (χ2n) is 4.21. The molecule has 0 bridgehead atoms. The molecule has 0 saturated heterocycles. The van der Waals surface area contributed by atoms with Crippen LogP contribution in [-0.2, 0) is 9.59 Å². The fraction of sp³-hybridized carbons (Fsp3) is 0.231. The number of aromatic nitrogens is 2. The van der Waals surface area contributed by atoms with E-state index in [2.05, 4.69) is 15.5 Å². The van der Waals surface area contributed by atoms with Gasteiger partial charge in [-0.1, -0.05) is 0 Å². The van der Waals surface area contributed by atoms with Crippen LogP contribution in [0.15, 0.2) is 29.0 Å². The summed E-state index contributed by atoms with van der Waals surface area (Å²) in [5.41, 5.74) is 2.28. The summed E-state index contributed by atoms with van der Waals surface area (Å²) < 4.78 is 5.10. The number of rotatable bonds is 6. The number of nitrogens with one attached hydrogen (secondary N) is 1. The van der Waals surface area contributed by atoms with Crippen molar-refractivity contribution in [2.24, 2.45) is 0 Å². The number of anilines is 1. The molecular weight excluding hydrogens is 294 g/mol. The number of carbonyl (C=O) groups is 2. The number of carboxylic acid groups (broad SMARTS) is 1. The average molecular weight is 307 g/mol. The number of benzene rings is 1. The van der Waals surface area contributed by atoms with Crippen LogP contribution in [0.5, 0.6) is 0 Å². The Kier molecular flexibility index (Phi) is 4.94. The molecule has 8 heteroatoms. The Balaban J connectivity index is 1.98. The first-order valence-corrected chi connectivity index (χ1v) is 7.18. The number of carbonyl (C=O) groups excluding carboxylic acids is 1. The SMILES string of the molecule is Cc1cc(-c2nnco2)ccc1NC(=O)CSCC(=O)O. The number of carboxylic acids is 1. The van der Waals surface area contributed by atoms with E-state index in [1.165, 1.54) is 6.39 Å². The Morgan fingerprint density at radius 2 is 2.19 bits per heavy atom. The Bertz CT molecular complexity index is 643. The van der Waals surface area contributed by atoms with Gasteiger partial charge in [0.15, 0.2) is 0 Å². The van der Waals surface area contributed by atoms with Crippen LogP contribution < -0.4 is 5.32 Å². The van der Waals surface area contributed by atoms with Crippen molar-refractivity contribution in [1.29, 1.82) is 0 Å². The monoisotopic (exact) mass is 307 g/mol. The van der Waals surface area contributed by atoms with Crippen LogP contribution in [-0.4, -0.2) is 38.7 Å². The molecule has 1 aromatic carbocycles. The molecule has 0 aliphatic rings. The van der Waals surface area contributed by atoms with Gasteiger partial charge in [-0.3, -0.25) is 9.59 Å². The minimum Gasteiger partial charge on any atom is -0.481 e. The van der Waals surface area contributed by atoms with Crippen molar-refractivity contribution in [1.82, 2.24) is 10.2 Å². The van der Waals surface area contributed by atoms with Crippen molar-refractivity contribution >= 4 is 29.3 Å². The first kappa shape index (κ1) is 15.0. The van der Waals surface area contributed by atoms with Crippen molar-refractivity contribution in [2.45, 2.75) is 6.92 Å². The Hall–Kier alpha value is -2.35. The number of hydrogen-bond donors (Lipinski definition) is 2. The highest BCUT2D eigenvalue weighted by Gasteiger charge is 2.09. The van der Waals surface area contributed by atoms with Crippen molar-refractivity contribution in [2.75, 3.05) is 16.8 Å². The molecule has 0 radical (unpaired) electrons. The molecule has 1 heterocycles. The summed E-state index contributed by atoms with van der Waals surface area (Å²) in [7, 11) is 0. The molecule has 2 rings (SSSR count). The molecule has 0 saturated carbocycles. The number of thioether (sulfide) groups is 1. The van der Waals surface area contributed by atoms with E-state index >= 15 is 0 Å². The fourth-order valence-electron chi connectivity index (χ4n) is 1.65. The third-order valence-corrected chi connectivity index (χ3v) is 3.48. The molecule has 0 aliphatic carbocycles. The summed E-state index contributed by atoms with van der Waals surface area (Å²) in [6.45, 7) is 1.85. The lowest BCUT2D eigenvalue weighted by Crippen LogP contribution is -2.16. The minimum atomic E-state index is -0.937. The smallest absolute Gasteiger partial charge is 0.313 e. The molecule has 2 aromatic rings. The molecular formula is C13H13N3O4S. The maximum atomic E-state index is 11.7. The highest BCUT2D eigenvalue weighted by Crippen LogP contribution is 2.23. The first-order chi connectivity index (χ1) is 10.1. The van der Waals surface area contributed by atoms with Gasteiger partial charge in [0.1, 0.15) is 0 Å². The zero-order valence-corrected chi connectivity index (χ0v) is 12.0. The van der Waals surface area contributed by atoms with Gasteiger partial charge >= 0.3 is 5.97 Å². The second-order valence-corrected chi connectivity index (χ2v) is 5.19. The Labute approximate surface area is 124 Å². The molecule has 1 aromatic heterocycles. The van der Waals surface area contributed by atoms with Gasteiger partial charge in [-0.25, -0.2) is 0 Å². The maximum absolute atomic E-state index is 11.7. The van der Waals surface area contributed by atoms with Crippen LogP contribution in [0.2, 0.25) is 0 Å². The van der Waals surface area contributed by atoms with Gasteiger partial charge in [0.25, 0.3) is 0 Å². The van der Waals surface area contributed by atoms with E-state index in [1.54, 1.807) is 12.1 Å². The highest BCUT2D eigenvalue weighted by molar-refractivity contribution is 8.00. The molecule has 0 spiro atoms. The molecule has 0 fully saturated rings. The van der Waals surface area contributed by atoms with Crippen molar-refractivity contribution in [3.63, 3.8) is 0 Å². The molecule has 1 amide bonds. The number of hydrogen-bond acceptors (Lipinski definition) is 6. The second kappa shape index (κ2) is 6.89. The number of aryl methyl sites for hydroxylation is 1. The summed E-state index contributed by atoms with van der Waals surface area (Å²) in [6, 6.07) is 5.34. The molecule has 0 aliphatic heterocycles. The summed E-state index contributed by atoms with van der Waals surface area (Å²) in [5.74, 6) is -0.768. The fourth-order valence-corrected chi connectivity index (χ4v) is 2.19. The first-order valence-electron chi connectivity index (χ1n) is 6.03. The van der Waals surface area contributed by atoms with Gasteiger partial charge in [-0.05, 0) is 30.7 Å². The Morgan fingerprint density at radius 3 is 2.81 bits per heavy atom. The van der Waals surface area contributed by atoms with E-state index in [1.807, 2.05) is 13.0 Å². The lowest BCUT2D eigenvalue weighted by molar-refractivity contribution is -0.133. The third-order valence-electron chi connectivity index (χ3n) is 2.57. The van der Waals surface area contributed by atoms with E-state index in [0.717, 1.165) is 22.9 Å². The molecule has 0 unspecified atom stereocenters. The molecule has 2 N–H and O–H groups in total. The van der Waals surface area contributed by atoms with Gasteiger partial charge in [0, 0.05) is 11.3 Å². The van der Waals surface area contributed by atoms with Crippen molar-refractivity contribution in [3.05, 3.63) is 30.2 Å². The van der Waals surface area contributed by atoms with E-state index in [-0.39, 0.29) is 17.4 Å². The van der Waals surface area contributed by atoms with Crippen molar-refractivity contribution < 1.29 is 19.1 Å². The molecule has 7 nitrogen and oxygen atoms in total. The largest absolute Gasteiger partial charge is 0.481 e. The van der Waals surface area contributed by atoms with Crippen molar-refractivity contribution in [3.8, 4) is 11.5 Å². The molecule has 21 heavy (non-hydrogen) atoms. The lowest BCUT2D eigenvalue weighted by Gasteiger charge is -2.08. The maximum Gasteiger partial charge on any atom is 0.313 e. The minimum absolute atomic E-state index is 0.0944. The van der Waals surface area contributed by atoms with Crippen LogP contribution >= 0.6 is 11.8 Å². The van der Waals surface area contributed by atoms with Crippen LogP contribution in [0.1, 0.15) is 5.56 Å². The quantitative estimate of drug-likeness (QED) is 0.838. The van der Waals surface area contributed by atoms with E-state index < -0.39 is 5.97 Å². The van der Waals surface area contributed by atoms with Crippen LogP contribution in [0.25, 0.3) is 11.5 Å². The third kappa shape index (κ3) is 4.32. The van der Waals surface area contributed by atoms with Gasteiger partial charge < -0.3 is 14.8 Å². The number of aliphatic carboxylic acids is 1. The zero-order chi connectivity index (χ0) is 15.2. The van der Waals surface area contributed by atoms with Crippen LogP contribution in [0, 0.1) is 6.92 Å². The lowest BCUT2D eigenvalue weighted by atomic mass is 10.1. The summed E-state index contributed by atoms with van der Waals surface area (Å²) in [5, 5.41) is 18.7. The summed E-state index contributed by atoms with van der Waals surface area (Å²) >= 11 is 1.05. The molecule has 110 valence electrons. The number of amides is 1. The zero-order valence-electron chi connectivity index (χ0n) is 11.2. The van der Waals surface area contributed by atoms with E-state index in [4.69, 9.17) is 9.52 Å². The van der Waals surface area contributed by atoms with Gasteiger partial charge in [-0.15, -0.1) is 22.0 Å². The predicted octanol–water partition coefficient (Wildman–Crippen LogP) is 1.80. The summed E-state index contributed by atoms with van der Waals surface area (Å²) in [4.78, 5) is 22.1.